The van der Waals surface area contributed by atoms with Crippen molar-refractivity contribution in [2.75, 3.05) is 18.6 Å². The van der Waals surface area contributed by atoms with E-state index in [-0.39, 0.29) is 12.5 Å². The van der Waals surface area contributed by atoms with Gasteiger partial charge in [0.15, 0.2) is 0 Å². The van der Waals surface area contributed by atoms with E-state index in [1.54, 1.807) is 18.7 Å². The van der Waals surface area contributed by atoms with E-state index in [0.29, 0.717) is 5.75 Å². The number of nitrogens with one attached hydrogen (secondary N) is 1. The fraction of sp³-hybridized carbons (Fsp3) is 0.588. The van der Waals surface area contributed by atoms with E-state index in [2.05, 4.69) is 26.1 Å². The summed E-state index contributed by atoms with van der Waals surface area (Å²) in [4.78, 5) is 12.5. The molecule has 2 N–H and O–H groups in total. The van der Waals surface area contributed by atoms with Crippen molar-refractivity contribution in [3.05, 3.63) is 33.4 Å². The van der Waals surface area contributed by atoms with Crippen LogP contribution in [0.4, 0.5) is 0 Å². The van der Waals surface area contributed by atoms with E-state index in [1.807, 2.05) is 20.1 Å². The molecule has 1 rings (SSSR count). The molecule has 0 saturated heterocycles. The number of carbonyl (C=O) groups excluding carboxylic acids is 1. The molecule has 0 aliphatic heterocycles. The lowest BCUT2D eigenvalue weighted by molar-refractivity contribution is 0.0724. The first-order chi connectivity index (χ1) is 9.62. The summed E-state index contributed by atoms with van der Waals surface area (Å²) >= 11 is 1.57. The lowest BCUT2D eigenvalue weighted by Crippen LogP contribution is -2.42. The average molecular weight is 309 g/mol. The van der Waals surface area contributed by atoms with Crippen molar-refractivity contribution in [1.29, 1.82) is 0 Å². The highest BCUT2D eigenvalue weighted by Crippen LogP contribution is 2.26. The first-order valence-corrected chi connectivity index (χ1v) is 8.58. The molecule has 0 fully saturated rings. The molecule has 0 aromatic heterocycles. The Morgan fingerprint density at radius 2 is 1.48 bits per heavy atom. The Balaban J connectivity index is 3.04. The molecular formula is C17H27NO2S. The second kappa shape index (κ2) is 6.84. The number of rotatable bonds is 5. The van der Waals surface area contributed by atoms with E-state index >= 15 is 0 Å². The van der Waals surface area contributed by atoms with Crippen LogP contribution < -0.4 is 5.32 Å². The van der Waals surface area contributed by atoms with Crippen LogP contribution in [0.25, 0.3) is 0 Å². The maximum Gasteiger partial charge on any atom is 0.251 e. The zero-order valence-corrected chi connectivity index (χ0v) is 15.0. The SMILES string of the molecule is CSCC(C)(O)CNC(=O)c1c(C)c(C)c(C)c(C)c1C. The van der Waals surface area contributed by atoms with Crippen molar-refractivity contribution in [2.45, 2.75) is 47.1 Å². The van der Waals surface area contributed by atoms with Crippen LogP contribution in [0.3, 0.4) is 0 Å². The first kappa shape index (κ1) is 18.1. The molecule has 4 heteroatoms. The lowest BCUT2D eigenvalue weighted by Gasteiger charge is -2.24. The molecule has 0 spiro atoms. The number of carbonyl (C=O) groups is 1. The molecule has 1 amide bonds. The van der Waals surface area contributed by atoms with Gasteiger partial charge in [-0.05, 0) is 75.6 Å². The second-order valence-electron chi connectivity index (χ2n) is 6.11. The van der Waals surface area contributed by atoms with Crippen LogP contribution in [0.1, 0.15) is 45.1 Å². The molecular weight excluding hydrogens is 282 g/mol. The third-order valence-corrected chi connectivity index (χ3v) is 5.22. The van der Waals surface area contributed by atoms with Crippen LogP contribution >= 0.6 is 11.8 Å². The van der Waals surface area contributed by atoms with Gasteiger partial charge in [0.2, 0.25) is 0 Å². The van der Waals surface area contributed by atoms with Crippen LogP contribution in [0.5, 0.6) is 0 Å². The van der Waals surface area contributed by atoms with Crippen molar-refractivity contribution >= 4 is 17.7 Å². The van der Waals surface area contributed by atoms with Crippen LogP contribution in [0.15, 0.2) is 0 Å². The van der Waals surface area contributed by atoms with Crippen molar-refractivity contribution in [3.8, 4) is 0 Å². The summed E-state index contributed by atoms with van der Waals surface area (Å²) in [5.74, 6) is 0.495. The van der Waals surface area contributed by atoms with Crippen molar-refractivity contribution < 1.29 is 9.90 Å². The van der Waals surface area contributed by atoms with Gasteiger partial charge in [-0.2, -0.15) is 11.8 Å². The van der Waals surface area contributed by atoms with E-state index in [1.165, 1.54) is 16.7 Å². The van der Waals surface area contributed by atoms with E-state index in [0.717, 1.165) is 16.7 Å². The molecule has 1 atom stereocenters. The molecule has 1 unspecified atom stereocenters. The average Bonchev–Trinajstić information content (AvgIpc) is 2.41. The maximum absolute atomic E-state index is 12.5. The van der Waals surface area contributed by atoms with Gasteiger partial charge in [-0.25, -0.2) is 0 Å². The molecule has 0 radical (unpaired) electrons. The number of thioether (sulfide) groups is 1. The van der Waals surface area contributed by atoms with Crippen molar-refractivity contribution in [3.63, 3.8) is 0 Å². The summed E-state index contributed by atoms with van der Waals surface area (Å²) in [6.07, 6.45) is 1.94. The summed E-state index contributed by atoms with van der Waals surface area (Å²) in [7, 11) is 0. The highest BCUT2D eigenvalue weighted by Gasteiger charge is 2.23. The second-order valence-corrected chi connectivity index (χ2v) is 6.98. The fourth-order valence-corrected chi connectivity index (χ4v) is 3.29. The summed E-state index contributed by atoms with van der Waals surface area (Å²) in [5.41, 5.74) is 5.49. The Labute approximate surface area is 132 Å². The molecule has 118 valence electrons. The third-order valence-electron chi connectivity index (χ3n) is 4.31. The first-order valence-electron chi connectivity index (χ1n) is 7.19. The van der Waals surface area contributed by atoms with E-state index in [9.17, 15) is 9.90 Å². The molecule has 1 aromatic carbocycles. The fourth-order valence-electron chi connectivity index (χ4n) is 2.56. The van der Waals surface area contributed by atoms with Gasteiger partial charge in [0.25, 0.3) is 5.91 Å². The zero-order chi connectivity index (χ0) is 16.4. The quantitative estimate of drug-likeness (QED) is 0.879. The molecule has 0 heterocycles. The number of hydrogen-bond acceptors (Lipinski definition) is 3. The van der Waals surface area contributed by atoms with Gasteiger partial charge in [0, 0.05) is 17.9 Å². The predicted molar refractivity (Wildman–Crippen MR) is 91.5 cm³/mol. The van der Waals surface area contributed by atoms with Crippen LogP contribution in [0, 0.1) is 34.6 Å². The highest BCUT2D eigenvalue weighted by molar-refractivity contribution is 7.98. The molecule has 1 aromatic rings. The van der Waals surface area contributed by atoms with E-state index in [4.69, 9.17) is 0 Å². The Bertz CT molecular complexity index is 521. The Hall–Kier alpha value is -1.00. The number of amides is 1. The summed E-state index contributed by atoms with van der Waals surface area (Å²) in [6.45, 7) is 12.2. The minimum absolute atomic E-state index is 0.0995. The summed E-state index contributed by atoms with van der Waals surface area (Å²) in [5, 5.41) is 13.0. The number of benzene rings is 1. The largest absolute Gasteiger partial charge is 0.387 e. The maximum atomic E-state index is 12.5. The van der Waals surface area contributed by atoms with Gasteiger partial charge in [0.1, 0.15) is 0 Å². The normalized spacial score (nSPS) is 13.9. The Kier molecular flexibility index (Phi) is 5.88. The minimum atomic E-state index is -0.883. The lowest BCUT2D eigenvalue weighted by atomic mass is 9.89. The zero-order valence-electron chi connectivity index (χ0n) is 14.2. The van der Waals surface area contributed by atoms with Crippen molar-refractivity contribution in [2.24, 2.45) is 0 Å². The van der Waals surface area contributed by atoms with Crippen LogP contribution in [0.2, 0.25) is 0 Å². The monoisotopic (exact) mass is 309 g/mol. The number of hydrogen-bond donors (Lipinski definition) is 2. The third kappa shape index (κ3) is 4.01. The van der Waals surface area contributed by atoms with Gasteiger partial charge >= 0.3 is 0 Å². The van der Waals surface area contributed by atoms with E-state index < -0.39 is 5.60 Å². The number of aliphatic hydroxyl groups is 1. The predicted octanol–water partition coefficient (Wildman–Crippen LogP) is 3.07. The molecule has 21 heavy (non-hydrogen) atoms. The summed E-state index contributed by atoms with van der Waals surface area (Å²) in [6, 6.07) is 0. The molecule has 3 nitrogen and oxygen atoms in total. The molecule has 0 bridgehead atoms. The minimum Gasteiger partial charge on any atom is -0.387 e. The van der Waals surface area contributed by atoms with Gasteiger partial charge in [-0.1, -0.05) is 0 Å². The molecule has 0 aliphatic carbocycles. The Morgan fingerprint density at radius 3 is 1.90 bits per heavy atom. The topological polar surface area (TPSA) is 49.3 Å². The summed E-state index contributed by atoms with van der Waals surface area (Å²) < 4.78 is 0. The van der Waals surface area contributed by atoms with Crippen LogP contribution in [-0.4, -0.2) is 35.2 Å². The standard InChI is InChI=1S/C17H27NO2S/c1-10-11(2)13(4)15(14(5)12(10)3)16(19)18-8-17(6,20)9-21-7/h20H,8-9H2,1-7H3,(H,18,19). The highest BCUT2D eigenvalue weighted by atomic mass is 32.2. The van der Waals surface area contributed by atoms with Gasteiger partial charge in [0.05, 0.1) is 5.60 Å². The van der Waals surface area contributed by atoms with Gasteiger partial charge in [-0.15, -0.1) is 0 Å². The molecule has 0 saturated carbocycles. The van der Waals surface area contributed by atoms with Gasteiger partial charge < -0.3 is 10.4 Å². The Morgan fingerprint density at radius 1 is 1.05 bits per heavy atom. The van der Waals surface area contributed by atoms with Crippen molar-refractivity contribution in [1.82, 2.24) is 5.32 Å². The van der Waals surface area contributed by atoms with Crippen LogP contribution in [-0.2, 0) is 0 Å². The molecule has 0 aliphatic rings. The smallest absolute Gasteiger partial charge is 0.251 e. The van der Waals surface area contributed by atoms with Gasteiger partial charge in [-0.3, -0.25) is 4.79 Å².